The van der Waals surface area contributed by atoms with Crippen LogP contribution in [-0.4, -0.2) is 24.8 Å². The van der Waals surface area contributed by atoms with E-state index in [0.717, 1.165) is 38.4 Å². The summed E-state index contributed by atoms with van der Waals surface area (Å²) in [5, 5.41) is 2.77. The normalized spacial score (nSPS) is 21.2. The summed E-state index contributed by atoms with van der Waals surface area (Å²) in [6.07, 6.45) is 6.84. The van der Waals surface area contributed by atoms with Gasteiger partial charge in [-0.1, -0.05) is 37.8 Å². The third-order valence-electron chi connectivity index (χ3n) is 3.53. The number of hydrogen-bond donors (Lipinski definition) is 1. The number of hydrogen-bond acceptors (Lipinski definition) is 3. The van der Waals surface area contributed by atoms with E-state index in [2.05, 4.69) is 5.32 Å². The largest absolute Gasteiger partial charge is 0.493 e. The smallest absolute Gasteiger partial charge is 0.255 e. The van der Waals surface area contributed by atoms with Crippen LogP contribution in [0.25, 0.3) is 0 Å². The van der Waals surface area contributed by atoms with Crippen LogP contribution in [-0.2, 0) is 4.79 Å². The number of nitrogens with one attached hydrogen (secondary N) is 1. The van der Waals surface area contributed by atoms with Gasteiger partial charge in [0, 0.05) is 0 Å². The van der Waals surface area contributed by atoms with Crippen molar-refractivity contribution in [1.29, 1.82) is 0 Å². The number of para-hydroxylation sites is 1. The van der Waals surface area contributed by atoms with Gasteiger partial charge in [0.1, 0.15) is 12.0 Å². The van der Waals surface area contributed by atoms with Crippen molar-refractivity contribution in [1.82, 2.24) is 5.32 Å². The van der Waals surface area contributed by atoms with E-state index >= 15 is 0 Å². The maximum absolute atomic E-state index is 12.2. The molecule has 108 valence electrons. The van der Waals surface area contributed by atoms with E-state index in [0.29, 0.717) is 24.3 Å². The number of carbonyl (C=O) groups is 2. The molecule has 1 heterocycles. The number of carbonyl (C=O) groups excluding carboxylic acids is 2. The molecule has 20 heavy (non-hydrogen) atoms. The Morgan fingerprint density at radius 2 is 1.85 bits per heavy atom. The molecule has 4 nitrogen and oxygen atoms in total. The zero-order valence-electron chi connectivity index (χ0n) is 11.6. The fourth-order valence-electron chi connectivity index (χ4n) is 2.38. The molecule has 0 saturated carbocycles. The van der Waals surface area contributed by atoms with Crippen LogP contribution in [0.4, 0.5) is 0 Å². The molecule has 0 aromatic heterocycles. The topological polar surface area (TPSA) is 55.4 Å². The van der Waals surface area contributed by atoms with Gasteiger partial charge in [-0.25, -0.2) is 0 Å². The number of rotatable bonds is 1. The third-order valence-corrected chi connectivity index (χ3v) is 3.53. The van der Waals surface area contributed by atoms with Crippen molar-refractivity contribution in [3.05, 3.63) is 29.8 Å². The molecule has 1 atom stereocenters. The summed E-state index contributed by atoms with van der Waals surface area (Å²) in [6.45, 7) is 0.626. The second-order valence-corrected chi connectivity index (χ2v) is 5.12. The van der Waals surface area contributed by atoms with Crippen LogP contribution in [0, 0.1) is 0 Å². The van der Waals surface area contributed by atoms with Gasteiger partial charge >= 0.3 is 0 Å². The van der Waals surface area contributed by atoms with Crippen molar-refractivity contribution >= 4 is 12.2 Å². The van der Waals surface area contributed by atoms with Gasteiger partial charge in [-0.05, 0) is 25.0 Å². The number of amides is 1. The fraction of sp³-hybridized carbons (Fsp3) is 0.500. The molecular weight excluding hydrogens is 254 g/mol. The Morgan fingerprint density at radius 1 is 1.10 bits per heavy atom. The molecule has 0 fully saturated rings. The zero-order valence-corrected chi connectivity index (χ0v) is 11.6. The van der Waals surface area contributed by atoms with Crippen molar-refractivity contribution in [2.45, 2.75) is 44.6 Å². The lowest BCUT2D eigenvalue weighted by atomic mass is 10.1. The van der Waals surface area contributed by atoms with Crippen LogP contribution in [0.15, 0.2) is 24.3 Å². The minimum absolute atomic E-state index is 0.239. The lowest BCUT2D eigenvalue weighted by Gasteiger charge is -2.14. The van der Waals surface area contributed by atoms with Crippen molar-refractivity contribution < 1.29 is 14.3 Å². The highest BCUT2D eigenvalue weighted by atomic mass is 16.5. The van der Waals surface area contributed by atoms with E-state index in [1.54, 1.807) is 18.2 Å². The first kappa shape index (κ1) is 14.6. The van der Waals surface area contributed by atoms with Gasteiger partial charge in [0.25, 0.3) is 5.91 Å². The number of aldehydes is 1. The first-order valence-electron chi connectivity index (χ1n) is 7.29. The van der Waals surface area contributed by atoms with Crippen LogP contribution in [0.5, 0.6) is 5.75 Å². The minimum Gasteiger partial charge on any atom is -0.493 e. The summed E-state index contributed by atoms with van der Waals surface area (Å²) in [6, 6.07) is 6.77. The van der Waals surface area contributed by atoms with Crippen LogP contribution >= 0.6 is 0 Å². The maximum Gasteiger partial charge on any atom is 0.255 e. The second-order valence-electron chi connectivity index (χ2n) is 5.12. The van der Waals surface area contributed by atoms with E-state index in [9.17, 15) is 9.59 Å². The molecule has 0 saturated heterocycles. The molecule has 1 unspecified atom stereocenters. The van der Waals surface area contributed by atoms with Crippen molar-refractivity contribution in [2.24, 2.45) is 0 Å². The van der Waals surface area contributed by atoms with Gasteiger partial charge in [-0.3, -0.25) is 4.79 Å². The predicted octanol–water partition coefficient (Wildman–Crippen LogP) is 2.72. The lowest BCUT2D eigenvalue weighted by Crippen LogP contribution is -2.36. The summed E-state index contributed by atoms with van der Waals surface area (Å²) in [4.78, 5) is 23.3. The van der Waals surface area contributed by atoms with E-state index in [-0.39, 0.29) is 5.91 Å². The van der Waals surface area contributed by atoms with Crippen LogP contribution < -0.4 is 10.1 Å². The van der Waals surface area contributed by atoms with Gasteiger partial charge in [0.05, 0.1) is 18.2 Å². The highest BCUT2D eigenvalue weighted by Gasteiger charge is 2.16. The summed E-state index contributed by atoms with van der Waals surface area (Å²) in [5.74, 6) is 0.353. The number of benzene rings is 1. The Morgan fingerprint density at radius 3 is 2.70 bits per heavy atom. The molecular formula is C16H21NO3. The van der Waals surface area contributed by atoms with Crippen molar-refractivity contribution in [3.63, 3.8) is 0 Å². The van der Waals surface area contributed by atoms with Crippen LogP contribution in [0.3, 0.4) is 0 Å². The van der Waals surface area contributed by atoms with Gasteiger partial charge in [0.15, 0.2) is 0 Å². The lowest BCUT2D eigenvalue weighted by molar-refractivity contribution is -0.109. The third kappa shape index (κ3) is 4.08. The van der Waals surface area contributed by atoms with E-state index in [1.807, 2.05) is 6.07 Å². The Kier molecular flexibility index (Phi) is 5.59. The Balaban J connectivity index is 2.16. The second kappa shape index (κ2) is 7.68. The highest BCUT2D eigenvalue weighted by molar-refractivity contribution is 5.98. The Hall–Kier alpha value is -1.84. The van der Waals surface area contributed by atoms with Gasteiger partial charge in [-0.2, -0.15) is 0 Å². The van der Waals surface area contributed by atoms with Crippen molar-refractivity contribution in [2.75, 3.05) is 6.61 Å². The molecule has 1 aromatic carbocycles. The van der Waals surface area contributed by atoms with E-state index in [4.69, 9.17) is 4.74 Å². The Bertz CT molecular complexity index is 459. The average molecular weight is 275 g/mol. The summed E-state index contributed by atoms with van der Waals surface area (Å²) in [7, 11) is 0. The first-order chi connectivity index (χ1) is 9.81. The molecule has 0 aliphatic carbocycles. The zero-order chi connectivity index (χ0) is 14.2. The number of fused-ring (bicyclic) bond motifs is 1. The molecule has 1 aliphatic heterocycles. The molecule has 0 bridgehead atoms. The quantitative estimate of drug-likeness (QED) is 0.802. The minimum atomic E-state index is -0.406. The fourth-order valence-corrected chi connectivity index (χ4v) is 2.38. The van der Waals surface area contributed by atoms with Crippen molar-refractivity contribution in [3.8, 4) is 5.75 Å². The summed E-state index contributed by atoms with van der Waals surface area (Å²) < 4.78 is 5.69. The van der Waals surface area contributed by atoms with Gasteiger partial charge < -0.3 is 14.8 Å². The number of ether oxygens (including phenoxy) is 1. The van der Waals surface area contributed by atoms with Crippen LogP contribution in [0.2, 0.25) is 0 Å². The SMILES string of the molecule is O=CC1CCCCCCCOc2ccccc2C(=O)N1. The van der Waals surface area contributed by atoms with E-state index in [1.165, 1.54) is 0 Å². The summed E-state index contributed by atoms with van der Waals surface area (Å²) >= 11 is 0. The standard InChI is InChI=1S/C16H21NO3/c18-12-13-8-4-2-1-3-7-11-20-15-10-6-5-9-14(15)16(19)17-13/h5-6,9-10,12-13H,1-4,7-8,11H2,(H,17,19). The highest BCUT2D eigenvalue weighted by Crippen LogP contribution is 2.19. The monoisotopic (exact) mass is 275 g/mol. The van der Waals surface area contributed by atoms with E-state index < -0.39 is 6.04 Å². The molecule has 1 amide bonds. The molecule has 0 radical (unpaired) electrons. The average Bonchev–Trinajstić information content (AvgIpc) is 2.49. The van der Waals surface area contributed by atoms with Gasteiger partial charge in [0.2, 0.25) is 0 Å². The van der Waals surface area contributed by atoms with Gasteiger partial charge in [-0.15, -0.1) is 0 Å². The maximum atomic E-state index is 12.2. The first-order valence-corrected chi connectivity index (χ1v) is 7.29. The molecule has 2 rings (SSSR count). The molecule has 1 aliphatic rings. The Labute approximate surface area is 119 Å². The molecule has 0 spiro atoms. The molecule has 4 heteroatoms. The van der Waals surface area contributed by atoms with Crippen LogP contribution in [0.1, 0.15) is 48.9 Å². The predicted molar refractivity (Wildman–Crippen MR) is 77.0 cm³/mol. The molecule has 1 aromatic rings. The molecule has 1 N–H and O–H groups in total. The summed E-state index contributed by atoms with van der Waals surface area (Å²) in [5.41, 5.74) is 0.499.